The summed E-state index contributed by atoms with van der Waals surface area (Å²) in [5.74, 6) is -0.510. The van der Waals surface area contributed by atoms with E-state index in [0.717, 1.165) is 16.8 Å². The molecule has 1 N–H and O–H groups in total. The van der Waals surface area contributed by atoms with Crippen LogP contribution in [0.2, 0.25) is 5.02 Å². The Balaban J connectivity index is 1.52. The predicted octanol–water partition coefficient (Wildman–Crippen LogP) is 2.91. The van der Waals surface area contributed by atoms with Crippen molar-refractivity contribution in [3.05, 3.63) is 94.5 Å². The van der Waals surface area contributed by atoms with E-state index in [1.807, 2.05) is 37.3 Å². The van der Waals surface area contributed by atoms with Crippen LogP contribution in [0, 0.1) is 6.92 Å². The zero-order valence-corrected chi connectivity index (χ0v) is 20.1. The summed E-state index contributed by atoms with van der Waals surface area (Å²) >= 11 is 6.15. The summed E-state index contributed by atoms with van der Waals surface area (Å²) in [5, 5.41) is 18.9. The zero-order valence-electron chi connectivity index (χ0n) is 19.3. The lowest BCUT2D eigenvalue weighted by Crippen LogP contribution is -2.42. The van der Waals surface area contributed by atoms with Crippen LogP contribution in [0.4, 0.5) is 0 Å². The first-order valence-electron chi connectivity index (χ1n) is 11.0. The van der Waals surface area contributed by atoms with Gasteiger partial charge in [-0.3, -0.25) is 14.3 Å². The molecule has 0 aliphatic heterocycles. The number of benzene rings is 2. The maximum absolute atomic E-state index is 13.2. The van der Waals surface area contributed by atoms with Gasteiger partial charge in [0.25, 0.3) is 0 Å². The van der Waals surface area contributed by atoms with Crippen LogP contribution >= 0.6 is 11.6 Å². The minimum absolute atomic E-state index is 0.0987. The fourth-order valence-electron chi connectivity index (χ4n) is 3.58. The predicted molar refractivity (Wildman–Crippen MR) is 132 cm³/mol. The van der Waals surface area contributed by atoms with Crippen molar-refractivity contribution in [2.45, 2.75) is 25.8 Å². The molecular weight excluding hydrogens is 466 g/mol. The lowest BCUT2D eigenvalue weighted by atomic mass is 9.99. The standard InChI is InChI=1S/C25H24ClN7O2/c1-17-3-5-18(6-4-17)13-24(34)22(15-21-11-12-32(2)29-21)28-25(35)10-7-19-14-20(26)8-9-23(19)33-16-27-30-31-33/h3-12,14,16,22H,13,15H2,1-2H3,(H,28,35)/b10-7+/t22-/m0/s1. The molecule has 0 aliphatic carbocycles. The Bertz CT molecular complexity index is 1340. The Labute approximate surface area is 207 Å². The van der Waals surface area contributed by atoms with Crippen molar-refractivity contribution < 1.29 is 9.59 Å². The normalized spacial score (nSPS) is 12.1. The van der Waals surface area contributed by atoms with Gasteiger partial charge in [0.1, 0.15) is 6.33 Å². The summed E-state index contributed by atoms with van der Waals surface area (Å²) in [6, 6.07) is 14.0. The Kier molecular flexibility index (Phi) is 7.47. The number of amides is 1. The topological polar surface area (TPSA) is 108 Å². The first-order valence-corrected chi connectivity index (χ1v) is 11.3. The molecule has 10 heteroatoms. The van der Waals surface area contributed by atoms with Crippen LogP contribution in [-0.2, 0) is 29.5 Å². The molecule has 0 fully saturated rings. The van der Waals surface area contributed by atoms with Crippen LogP contribution in [0.5, 0.6) is 0 Å². The van der Waals surface area contributed by atoms with Crippen molar-refractivity contribution in [2.75, 3.05) is 0 Å². The van der Waals surface area contributed by atoms with Crippen molar-refractivity contribution >= 4 is 29.4 Å². The Morgan fingerprint density at radius 3 is 2.63 bits per heavy atom. The third-order valence-electron chi connectivity index (χ3n) is 5.39. The molecule has 0 bridgehead atoms. The Morgan fingerprint density at radius 2 is 1.94 bits per heavy atom. The highest BCUT2D eigenvalue weighted by Crippen LogP contribution is 2.20. The molecule has 4 rings (SSSR count). The average molecular weight is 490 g/mol. The van der Waals surface area contributed by atoms with E-state index in [1.54, 1.807) is 42.2 Å². The molecule has 4 aromatic rings. The number of nitrogens with one attached hydrogen (secondary N) is 1. The summed E-state index contributed by atoms with van der Waals surface area (Å²) in [5.41, 5.74) is 4.03. The van der Waals surface area contributed by atoms with E-state index >= 15 is 0 Å². The molecule has 0 radical (unpaired) electrons. The molecule has 0 aliphatic rings. The maximum Gasteiger partial charge on any atom is 0.244 e. The van der Waals surface area contributed by atoms with Gasteiger partial charge in [-0.15, -0.1) is 5.10 Å². The fraction of sp³-hybridized carbons (Fsp3) is 0.200. The molecule has 178 valence electrons. The molecule has 2 heterocycles. The number of tetrazole rings is 1. The second-order valence-corrected chi connectivity index (χ2v) is 8.60. The smallest absolute Gasteiger partial charge is 0.244 e. The fourth-order valence-corrected chi connectivity index (χ4v) is 3.76. The third kappa shape index (κ3) is 6.48. The Hall–Kier alpha value is -4.11. The molecule has 0 saturated carbocycles. The van der Waals surface area contributed by atoms with Crippen molar-refractivity contribution in [3.63, 3.8) is 0 Å². The third-order valence-corrected chi connectivity index (χ3v) is 5.62. The van der Waals surface area contributed by atoms with E-state index in [0.29, 0.717) is 16.3 Å². The number of nitrogens with zero attached hydrogens (tertiary/aromatic N) is 6. The minimum atomic E-state index is -0.735. The number of halogens is 1. The van der Waals surface area contributed by atoms with Crippen LogP contribution < -0.4 is 5.32 Å². The number of carbonyl (C=O) groups is 2. The summed E-state index contributed by atoms with van der Waals surface area (Å²) in [7, 11) is 1.81. The number of aryl methyl sites for hydroxylation is 2. The molecule has 35 heavy (non-hydrogen) atoms. The van der Waals surface area contributed by atoms with Crippen molar-refractivity contribution in [1.29, 1.82) is 0 Å². The van der Waals surface area contributed by atoms with E-state index in [-0.39, 0.29) is 18.6 Å². The first kappa shape index (κ1) is 24.0. The molecule has 2 aromatic heterocycles. The number of Topliss-reactive ketones (excluding diaryl/α,β-unsaturated/α-hetero) is 1. The molecule has 0 saturated heterocycles. The largest absolute Gasteiger partial charge is 0.342 e. The number of aromatic nitrogens is 6. The summed E-state index contributed by atoms with van der Waals surface area (Å²) < 4.78 is 3.14. The van der Waals surface area contributed by atoms with E-state index in [1.165, 1.54) is 17.1 Å². The van der Waals surface area contributed by atoms with Gasteiger partial charge in [0.2, 0.25) is 5.91 Å². The van der Waals surface area contributed by atoms with Crippen molar-refractivity contribution in [1.82, 2.24) is 35.3 Å². The van der Waals surface area contributed by atoms with Gasteiger partial charge in [0.15, 0.2) is 5.78 Å². The van der Waals surface area contributed by atoms with Gasteiger partial charge in [0.05, 0.1) is 17.4 Å². The van der Waals surface area contributed by atoms with E-state index in [9.17, 15) is 9.59 Å². The molecule has 1 amide bonds. The molecule has 9 nitrogen and oxygen atoms in total. The molecule has 0 spiro atoms. The zero-order chi connectivity index (χ0) is 24.8. The highest BCUT2D eigenvalue weighted by atomic mass is 35.5. The van der Waals surface area contributed by atoms with Crippen LogP contribution in [0.1, 0.15) is 22.4 Å². The molecule has 1 atom stereocenters. The minimum Gasteiger partial charge on any atom is -0.342 e. The number of ketones is 1. The molecule has 2 aromatic carbocycles. The maximum atomic E-state index is 13.2. The second-order valence-electron chi connectivity index (χ2n) is 8.17. The van der Waals surface area contributed by atoms with Crippen molar-refractivity contribution in [2.24, 2.45) is 7.05 Å². The van der Waals surface area contributed by atoms with Crippen molar-refractivity contribution in [3.8, 4) is 5.69 Å². The van der Waals surface area contributed by atoms with Gasteiger partial charge < -0.3 is 5.32 Å². The van der Waals surface area contributed by atoms with Crippen LogP contribution in [0.25, 0.3) is 11.8 Å². The van der Waals surface area contributed by atoms with Gasteiger partial charge in [-0.25, -0.2) is 0 Å². The van der Waals surface area contributed by atoms with Gasteiger partial charge in [-0.2, -0.15) is 9.78 Å². The average Bonchev–Trinajstić information content (AvgIpc) is 3.51. The number of hydrogen-bond acceptors (Lipinski definition) is 6. The van der Waals surface area contributed by atoms with Crippen LogP contribution in [0.15, 0.2) is 67.1 Å². The van der Waals surface area contributed by atoms with Crippen LogP contribution in [0.3, 0.4) is 0 Å². The van der Waals surface area contributed by atoms with Gasteiger partial charge in [-0.1, -0.05) is 41.4 Å². The van der Waals surface area contributed by atoms with E-state index < -0.39 is 11.9 Å². The van der Waals surface area contributed by atoms with Gasteiger partial charge in [0, 0.05) is 42.7 Å². The second kappa shape index (κ2) is 10.9. The first-order chi connectivity index (χ1) is 16.9. The van der Waals surface area contributed by atoms with Gasteiger partial charge >= 0.3 is 0 Å². The highest BCUT2D eigenvalue weighted by molar-refractivity contribution is 6.30. The lowest BCUT2D eigenvalue weighted by Gasteiger charge is -2.16. The lowest BCUT2D eigenvalue weighted by molar-refractivity contribution is -0.125. The number of rotatable bonds is 9. The monoisotopic (exact) mass is 489 g/mol. The number of carbonyl (C=O) groups excluding carboxylic acids is 2. The number of hydrogen-bond donors (Lipinski definition) is 1. The van der Waals surface area contributed by atoms with E-state index in [2.05, 4.69) is 25.9 Å². The molecular formula is C25H24ClN7O2. The Morgan fingerprint density at radius 1 is 1.14 bits per heavy atom. The summed E-state index contributed by atoms with van der Waals surface area (Å²) in [4.78, 5) is 26.0. The van der Waals surface area contributed by atoms with Crippen LogP contribution in [-0.4, -0.2) is 47.7 Å². The highest BCUT2D eigenvalue weighted by Gasteiger charge is 2.22. The SMILES string of the molecule is Cc1ccc(CC(=O)[C@H](Cc2ccn(C)n2)NC(=O)/C=C/c2cc(Cl)ccc2-n2cnnn2)cc1. The summed E-state index contributed by atoms with van der Waals surface area (Å²) in [6.07, 6.45) is 6.73. The summed E-state index contributed by atoms with van der Waals surface area (Å²) in [6.45, 7) is 1.99. The quantitative estimate of drug-likeness (QED) is 0.362. The van der Waals surface area contributed by atoms with E-state index in [4.69, 9.17) is 11.6 Å². The molecule has 0 unspecified atom stereocenters. The van der Waals surface area contributed by atoms with Gasteiger partial charge in [-0.05, 0) is 53.3 Å².